The molecule has 5 heteroatoms. The van der Waals surface area contributed by atoms with Crippen LogP contribution in [-0.4, -0.2) is 19.0 Å². The van der Waals surface area contributed by atoms with Gasteiger partial charge in [-0.2, -0.15) is 0 Å². The zero-order chi connectivity index (χ0) is 16.2. The average Bonchev–Trinajstić information content (AvgIpc) is 2.56. The molecule has 1 N–H and O–H groups in total. The quantitative estimate of drug-likeness (QED) is 0.862. The van der Waals surface area contributed by atoms with E-state index in [0.29, 0.717) is 28.7 Å². The first-order valence-electron chi connectivity index (χ1n) is 7.71. The van der Waals surface area contributed by atoms with Crippen molar-refractivity contribution in [2.45, 2.75) is 19.3 Å². The second-order valence-corrected chi connectivity index (χ2v) is 6.46. The Hall–Kier alpha value is -1.71. The zero-order valence-electron chi connectivity index (χ0n) is 12.7. The van der Waals surface area contributed by atoms with Gasteiger partial charge in [0.25, 0.3) is 0 Å². The fraction of sp³-hybridized carbons (Fsp3) is 0.278. The molecule has 0 saturated heterocycles. The number of para-hydroxylation sites is 1. The van der Waals surface area contributed by atoms with E-state index in [0.717, 1.165) is 19.4 Å². The molecule has 1 heterocycles. The van der Waals surface area contributed by atoms with Gasteiger partial charge in [0, 0.05) is 30.9 Å². The van der Waals surface area contributed by atoms with Gasteiger partial charge in [0.1, 0.15) is 0 Å². The van der Waals surface area contributed by atoms with Crippen LogP contribution in [0.3, 0.4) is 0 Å². The van der Waals surface area contributed by atoms with E-state index < -0.39 is 0 Å². The maximum atomic E-state index is 12.1. The van der Waals surface area contributed by atoms with Gasteiger partial charge in [-0.15, -0.1) is 0 Å². The molecule has 1 aliphatic rings. The number of hydrogen-bond donors (Lipinski definition) is 1. The van der Waals surface area contributed by atoms with E-state index in [4.69, 9.17) is 23.2 Å². The third-order valence-electron chi connectivity index (χ3n) is 4.02. The van der Waals surface area contributed by atoms with Gasteiger partial charge in [-0.3, -0.25) is 4.79 Å². The first-order chi connectivity index (χ1) is 11.1. The fourth-order valence-corrected chi connectivity index (χ4v) is 3.18. The number of anilines is 2. The Balaban J connectivity index is 1.58. The first kappa shape index (κ1) is 16.2. The first-order valence-corrected chi connectivity index (χ1v) is 8.47. The van der Waals surface area contributed by atoms with E-state index in [-0.39, 0.29) is 5.91 Å². The molecule has 0 atom stereocenters. The van der Waals surface area contributed by atoms with Crippen molar-refractivity contribution in [2.24, 2.45) is 0 Å². The Kier molecular flexibility index (Phi) is 5.09. The van der Waals surface area contributed by atoms with Gasteiger partial charge in [0.15, 0.2) is 0 Å². The highest BCUT2D eigenvalue weighted by Crippen LogP contribution is 2.27. The second-order valence-electron chi connectivity index (χ2n) is 5.65. The lowest BCUT2D eigenvalue weighted by Crippen LogP contribution is -2.32. The summed E-state index contributed by atoms with van der Waals surface area (Å²) in [7, 11) is 0. The van der Waals surface area contributed by atoms with Gasteiger partial charge in [0.05, 0.1) is 10.0 Å². The summed E-state index contributed by atoms with van der Waals surface area (Å²) in [6.07, 6.45) is 2.68. The molecule has 0 unspecified atom stereocenters. The Labute approximate surface area is 146 Å². The predicted molar refractivity (Wildman–Crippen MR) is 96.7 cm³/mol. The molecule has 1 aliphatic heterocycles. The number of carbonyl (C=O) groups excluding carboxylic acids is 1. The number of amides is 1. The Morgan fingerprint density at radius 1 is 1.13 bits per heavy atom. The van der Waals surface area contributed by atoms with Crippen LogP contribution >= 0.6 is 23.2 Å². The molecule has 1 amide bonds. The summed E-state index contributed by atoms with van der Waals surface area (Å²) in [4.78, 5) is 14.4. The third-order valence-corrected chi connectivity index (χ3v) is 4.76. The van der Waals surface area contributed by atoms with Crippen molar-refractivity contribution in [1.29, 1.82) is 0 Å². The fourth-order valence-electron chi connectivity index (χ4n) is 2.88. The van der Waals surface area contributed by atoms with Gasteiger partial charge in [0.2, 0.25) is 5.91 Å². The highest BCUT2D eigenvalue weighted by Gasteiger charge is 2.16. The van der Waals surface area contributed by atoms with E-state index >= 15 is 0 Å². The van der Waals surface area contributed by atoms with Gasteiger partial charge in [-0.05, 0) is 42.7 Å². The highest BCUT2D eigenvalue weighted by molar-refractivity contribution is 6.42. The number of nitrogens with one attached hydrogen (secondary N) is 1. The molecule has 3 nitrogen and oxygen atoms in total. The molecule has 2 aromatic carbocycles. The van der Waals surface area contributed by atoms with Crippen LogP contribution in [0.4, 0.5) is 11.4 Å². The number of aryl methyl sites for hydroxylation is 1. The Bertz CT molecular complexity index is 718. The highest BCUT2D eigenvalue weighted by atomic mass is 35.5. The van der Waals surface area contributed by atoms with Crippen LogP contribution < -0.4 is 10.2 Å². The largest absolute Gasteiger partial charge is 0.371 e. The van der Waals surface area contributed by atoms with Crippen LogP contribution in [0, 0.1) is 0 Å². The minimum atomic E-state index is -0.0218. The molecule has 0 saturated carbocycles. The molecule has 2 aromatic rings. The summed E-state index contributed by atoms with van der Waals surface area (Å²) in [5, 5.41) is 3.79. The lowest BCUT2D eigenvalue weighted by Gasteiger charge is -2.31. The maximum absolute atomic E-state index is 12.1. The van der Waals surface area contributed by atoms with Crippen molar-refractivity contribution < 1.29 is 4.79 Å². The second kappa shape index (κ2) is 7.24. The summed E-state index contributed by atoms with van der Waals surface area (Å²) < 4.78 is 0. The third kappa shape index (κ3) is 3.98. The zero-order valence-corrected chi connectivity index (χ0v) is 14.2. The molecule has 0 aromatic heterocycles. The van der Waals surface area contributed by atoms with Crippen molar-refractivity contribution in [2.75, 3.05) is 23.3 Å². The molecule has 3 rings (SSSR count). The van der Waals surface area contributed by atoms with Crippen molar-refractivity contribution in [3.8, 4) is 0 Å². The molecule has 23 heavy (non-hydrogen) atoms. The van der Waals surface area contributed by atoms with Crippen LogP contribution in [0.25, 0.3) is 0 Å². The smallest absolute Gasteiger partial charge is 0.226 e. The summed E-state index contributed by atoms with van der Waals surface area (Å²) in [5.41, 5.74) is 3.29. The number of halogens is 2. The van der Waals surface area contributed by atoms with E-state index in [1.54, 1.807) is 18.2 Å². The van der Waals surface area contributed by atoms with E-state index in [2.05, 4.69) is 28.4 Å². The van der Waals surface area contributed by atoms with Gasteiger partial charge >= 0.3 is 0 Å². The van der Waals surface area contributed by atoms with E-state index in [1.807, 2.05) is 6.07 Å². The van der Waals surface area contributed by atoms with Gasteiger partial charge in [-0.25, -0.2) is 0 Å². The monoisotopic (exact) mass is 348 g/mol. The summed E-state index contributed by atoms with van der Waals surface area (Å²) in [6.45, 7) is 1.71. The van der Waals surface area contributed by atoms with Gasteiger partial charge in [-0.1, -0.05) is 41.4 Å². The summed E-state index contributed by atoms with van der Waals surface area (Å²) in [5.74, 6) is -0.0218. The number of rotatable bonds is 4. The SMILES string of the molecule is O=C(CCN1CCCc2ccccc21)Nc1ccc(Cl)c(Cl)c1. The van der Waals surface area contributed by atoms with Crippen LogP contribution in [0.5, 0.6) is 0 Å². The van der Waals surface area contributed by atoms with Crippen LogP contribution in [0.2, 0.25) is 10.0 Å². The minimum Gasteiger partial charge on any atom is -0.371 e. The molecular formula is C18H18Cl2N2O. The van der Waals surface area contributed by atoms with Crippen LogP contribution in [0.1, 0.15) is 18.4 Å². The molecule has 120 valence electrons. The number of benzene rings is 2. The normalized spacial score (nSPS) is 13.6. The average molecular weight is 349 g/mol. The van der Waals surface area contributed by atoms with Crippen molar-refractivity contribution in [3.63, 3.8) is 0 Å². The van der Waals surface area contributed by atoms with Crippen LogP contribution in [-0.2, 0) is 11.2 Å². The van der Waals surface area contributed by atoms with E-state index in [1.165, 1.54) is 11.3 Å². The lowest BCUT2D eigenvalue weighted by atomic mass is 10.0. The molecular weight excluding hydrogens is 331 g/mol. The standard InChI is InChI=1S/C18H18Cl2N2O/c19-15-8-7-14(12-16(15)20)21-18(23)9-11-22-10-3-5-13-4-1-2-6-17(13)22/h1-2,4,6-8,12H,3,5,9-11H2,(H,21,23). The minimum absolute atomic E-state index is 0.0218. The molecule has 0 fully saturated rings. The van der Waals surface area contributed by atoms with Crippen LogP contribution in [0.15, 0.2) is 42.5 Å². The number of carbonyl (C=O) groups is 1. The lowest BCUT2D eigenvalue weighted by molar-refractivity contribution is -0.116. The van der Waals surface area contributed by atoms with Crippen molar-refractivity contribution >= 4 is 40.5 Å². The maximum Gasteiger partial charge on any atom is 0.226 e. The predicted octanol–water partition coefficient (Wildman–Crippen LogP) is 4.77. The Morgan fingerprint density at radius 2 is 1.96 bits per heavy atom. The summed E-state index contributed by atoms with van der Waals surface area (Å²) >= 11 is 11.8. The number of fused-ring (bicyclic) bond motifs is 1. The Morgan fingerprint density at radius 3 is 2.78 bits per heavy atom. The molecule has 0 radical (unpaired) electrons. The van der Waals surface area contributed by atoms with Crippen molar-refractivity contribution in [1.82, 2.24) is 0 Å². The number of hydrogen-bond acceptors (Lipinski definition) is 2. The van der Waals surface area contributed by atoms with Crippen molar-refractivity contribution in [3.05, 3.63) is 58.1 Å². The topological polar surface area (TPSA) is 32.3 Å². The summed E-state index contributed by atoms with van der Waals surface area (Å²) in [6, 6.07) is 13.5. The number of nitrogens with zero attached hydrogens (tertiary/aromatic N) is 1. The molecule has 0 aliphatic carbocycles. The molecule has 0 spiro atoms. The van der Waals surface area contributed by atoms with Gasteiger partial charge < -0.3 is 10.2 Å². The molecule has 0 bridgehead atoms. The van der Waals surface area contributed by atoms with E-state index in [9.17, 15) is 4.79 Å².